The number of halogens is 2. The van der Waals surface area contributed by atoms with Crippen LogP contribution in [-0.2, 0) is 12.1 Å². The number of hydrogen-bond acceptors (Lipinski definition) is 6. The zero-order valence-electron chi connectivity index (χ0n) is 15.0. The molecular formula is C18H17F2N5O2S. The number of aromatic nitrogens is 5. The first-order chi connectivity index (χ1) is 13.3. The molecule has 3 heterocycles. The summed E-state index contributed by atoms with van der Waals surface area (Å²) in [4.78, 5) is 25.7. The van der Waals surface area contributed by atoms with E-state index in [2.05, 4.69) is 21.5 Å². The molecule has 1 fully saturated rings. The fraction of sp³-hybridized carbons (Fsp3) is 0.333. The van der Waals surface area contributed by atoms with Crippen LogP contribution < -0.4 is 5.56 Å². The molecule has 0 aromatic carbocycles. The van der Waals surface area contributed by atoms with Gasteiger partial charge in [-0.2, -0.15) is 0 Å². The average molecular weight is 405 g/mol. The van der Waals surface area contributed by atoms with Crippen molar-refractivity contribution in [3.8, 4) is 5.82 Å². The van der Waals surface area contributed by atoms with Gasteiger partial charge in [-0.3, -0.25) is 4.79 Å². The Bertz CT molecular complexity index is 1130. The molecule has 10 heteroatoms. The number of allylic oxidation sites excluding steroid dienone is 1. The molecular weight excluding hydrogens is 388 g/mol. The summed E-state index contributed by atoms with van der Waals surface area (Å²) in [6.07, 6.45) is 3.47. The van der Waals surface area contributed by atoms with Crippen molar-refractivity contribution in [1.29, 1.82) is 0 Å². The van der Waals surface area contributed by atoms with Crippen molar-refractivity contribution in [3.05, 3.63) is 53.1 Å². The van der Waals surface area contributed by atoms with E-state index in [0.29, 0.717) is 22.0 Å². The fourth-order valence-electron chi connectivity index (χ4n) is 3.42. The van der Waals surface area contributed by atoms with Crippen LogP contribution in [0.3, 0.4) is 0 Å². The van der Waals surface area contributed by atoms with Gasteiger partial charge >= 0.3 is 0 Å². The molecule has 1 saturated carbocycles. The third kappa shape index (κ3) is 2.92. The molecule has 1 aliphatic rings. The number of rotatable bonds is 5. The van der Waals surface area contributed by atoms with Gasteiger partial charge in [-0.1, -0.05) is 23.9 Å². The Morgan fingerprint density at radius 3 is 2.75 bits per heavy atom. The first kappa shape index (κ1) is 18.8. The van der Waals surface area contributed by atoms with E-state index >= 15 is 0 Å². The molecule has 0 aliphatic heterocycles. The predicted octanol–water partition coefficient (Wildman–Crippen LogP) is 2.50. The molecule has 0 atom stereocenters. The highest BCUT2D eigenvalue weighted by Gasteiger charge is 2.57. The quantitative estimate of drug-likeness (QED) is 0.399. The van der Waals surface area contributed by atoms with Crippen LogP contribution in [-0.4, -0.2) is 41.6 Å². The van der Waals surface area contributed by atoms with Crippen LogP contribution in [0.2, 0.25) is 0 Å². The molecule has 0 saturated heterocycles. The van der Waals surface area contributed by atoms with Crippen LogP contribution in [0.4, 0.5) is 8.78 Å². The Morgan fingerprint density at radius 1 is 1.36 bits per heavy atom. The summed E-state index contributed by atoms with van der Waals surface area (Å²) >= 11 is 1.33. The van der Waals surface area contributed by atoms with Crippen molar-refractivity contribution in [1.82, 2.24) is 24.3 Å². The maximum Gasteiger partial charge on any atom is 0.278 e. The van der Waals surface area contributed by atoms with Crippen molar-refractivity contribution < 1.29 is 13.9 Å². The molecule has 0 radical (unpaired) electrons. The van der Waals surface area contributed by atoms with E-state index in [1.165, 1.54) is 33.4 Å². The molecule has 0 unspecified atom stereocenters. The normalized spacial score (nSPS) is 17.4. The van der Waals surface area contributed by atoms with Gasteiger partial charge in [0.05, 0.1) is 12.2 Å². The van der Waals surface area contributed by atoms with E-state index < -0.39 is 24.4 Å². The minimum Gasteiger partial charge on any atom is -0.383 e. The van der Waals surface area contributed by atoms with Crippen LogP contribution in [0.1, 0.15) is 18.5 Å². The number of nitrogens with zero attached hydrogens (tertiary/aromatic N) is 5. The van der Waals surface area contributed by atoms with E-state index in [1.807, 2.05) is 6.26 Å². The number of hydrogen-bond donors (Lipinski definition) is 1. The molecule has 1 aliphatic carbocycles. The van der Waals surface area contributed by atoms with E-state index in [9.17, 15) is 18.7 Å². The summed E-state index contributed by atoms with van der Waals surface area (Å²) in [5.74, 6) is -2.61. The minimum absolute atomic E-state index is 0.134. The van der Waals surface area contributed by atoms with Crippen LogP contribution in [0.25, 0.3) is 16.9 Å². The first-order valence-corrected chi connectivity index (χ1v) is 9.72. The van der Waals surface area contributed by atoms with Gasteiger partial charge in [-0.05, 0) is 18.4 Å². The third-order valence-corrected chi connectivity index (χ3v) is 5.23. The summed E-state index contributed by atoms with van der Waals surface area (Å²) in [5, 5.41) is 11.3. The van der Waals surface area contributed by atoms with Gasteiger partial charge in [0.25, 0.3) is 11.5 Å². The number of alkyl halides is 2. The number of thioether (sulfide) groups is 1. The van der Waals surface area contributed by atoms with Crippen LogP contribution in [0.5, 0.6) is 0 Å². The van der Waals surface area contributed by atoms with Crippen LogP contribution in [0, 0.1) is 0 Å². The van der Waals surface area contributed by atoms with Gasteiger partial charge in [0, 0.05) is 19.0 Å². The lowest BCUT2D eigenvalue weighted by Gasteiger charge is -2.42. The average Bonchev–Trinajstić information content (AvgIpc) is 2.92. The zero-order valence-corrected chi connectivity index (χ0v) is 15.8. The van der Waals surface area contributed by atoms with E-state index in [0.717, 1.165) is 0 Å². The molecule has 4 rings (SSSR count). The Balaban J connectivity index is 1.91. The van der Waals surface area contributed by atoms with Gasteiger partial charge in [0.15, 0.2) is 16.6 Å². The Hall–Kier alpha value is -2.59. The highest BCUT2D eigenvalue weighted by Crippen LogP contribution is 2.51. The lowest BCUT2D eigenvalue weighted by Crippen LogP contribution is -2.49. The lowest BCUT2D eigenvalue weighted by molar-refractivity contribution is -0.212. The predicted molar refractivity (Wildman–Crippen MR) is 101 cm³/mol. The van der Waals surface area contributed by atoms with Gasteiger partial charge in [0.1, 0.15) is 11.0 Å². The van der Waals surface area contributed by atoms with Crippen molar-refractivity contribution >= 4 is 22.8 Å². The minimum atomic E-state index is -2.90. The molecule has 0 spiro atoms. The monoisotopic (exact) mass is 405 g/mol. The molecule has 28 heavy (non-hydrogen) atoms. The third-order valence-electron chi connectivity index (χ3n) is 4.67. The van der Waals surface area contributed by atoms with Crippen LogP contribution >= 0.6 is 11.8 Å². The largest absolute Gasteiger partial charge is 0.383 e. The first-order valence-electron chi connectivity index (χ1n) is 8.49. The smallest absolute Gasteiger partial charge is 0.278 e. The Labute approximate surface area is 162 Å². The summed E-state index contributed by atoms with van der Waals surface area (Å²) in [5.41, 5.74) is -1.52. The molecule has 146 valence electrons. The van der Waals surface area contributed by atoms with Gasteiger partial charge in [-0.15, -0.1) is 6.58 Å². The van der Waals surface area contributed by atoms with Crippen molar-refractivity contribution in [2.75, 3.05) is 6.26 Å². The lowest BCUT2D eigenvalue weighted by atomic mass is 9.74. The fourth-order valence-corrected chi connectivity index (χ4v) is 3.75. The SMILES string of the molecule is C=CCn1c(=O)c2cnc(SC)nc2n1-c1cccc(C2(O)CC(F)(F)C2)n1. The maximum atomic E-state index is 13.3. The standard InChI is InChI=1S/C18H17F2N5O2S/c1-3-7-24-15(26)11-8-21-16(28-2)23-14(11)25(24)13-6-4-5-12(22-13)17(27)9-18(19,20)10-17/h3-6,8,27H,1,7,9-10H2,2H3. The highest BCUT2D eigenvalue weighted by molar-refractivity contribution is 7.98. The number of pyridine rings is 1. The number of fused-ring (bicyclic) bond motifs is 1. The zero-order chi connectivity index (χ0) is 20.1. The molecule has 0 amide bonds. The second-order valence-electron chi connectivity index (χ2n) is 6.70. The van der Waals surface area contributed by atoms with Crippen LogP contribution in [0.15, 0.2) is 47.0 Å². The highest BCUT2D eigenvalue weighted by atomic mass is 32.2. The summed E-state index contributed by atoms with van der Waals surface area (Å²) in [6, 6.07) is 4.74. The maximum absolute atomic E-state index is 13.3. The summed E-state index contributed by atoms with van der Waals surface area (Å²) < 4.78 is 29.6. The van der Waals surface area contributed by atoms with Crippen molar-refractivity contribution in [2.24, 2.45) is 0 Å². The van der Waals surface area contributed by atoms with Gasteiger partial charge in [-0.25, -0.2) is 33.1 Å². The molecule has 7 nitrogen and oxygen atoms in total. The molecule has 3 aromatic heterocycles. The second kappa shape index (κ2) is 6.49. The van der Waals surface area contributed by atoms with Gasteiger partial charge < -0.3 is 5.11 Å². The Morgan fingerprint density at radius 2 is 2.11 bits per heavy atom. The molecule has 0 bridgehead atoms. The van der Waals surface area contributed by atoms with E-state index in [1.54, 1.807) is 18.2 Å². The number of aliphatic hydroxyl groups is 1. The molecule has 1 N–H and O–H groups in total. The Kier molecular flexibility index (Phi) is 4.35. The summed E-state index contributed by atoms with van der Waals surface area (Å²) in [6.45, 7) is 3.87. The van der Waals surface area contributed by atoms with E-state index in [4.69, 9.17) is 0 Å². The summed E-state index contributed by atoms with van der Waals surface area (Å²) in [7, 11) is 0. The van der Waals surface area contributed by atoms with Gasteiger partial charge in [0.2, 0.25) is 0 Å². The van der Waals surface area contributed by atoms with E-state index in [-0.39, 0.29) is 17.8 Å². The van der Waals surface area contributed by atoms with Crippen molar-refractivity contribution in [2.45, 2.75) is 36.1 Å². The van der Waals surface area contributed by atoms with Crippen molar-refractivity contribution in [3.63, 3.8) is 0 Å². The second-order valence-corrected chi connectivity index (χ2v) is 7.48. The molecule has 3 aromatic rings. The topological polar surface area (TPSA) is 85.8 Å².